The Hall–Kier alpha value is -4.14. The fraction of sp³-hybridized carbons (Fsp3) is 0.400. The summed E-state index contributed by atoms with van der Waals surface area (Å²) in [5.74, 6) is -0.0296. The lowest BCUT2D eigenvalue weighted by Crippen LogP contribution is -2.50. The van der Waals surface area contributed by atoms with Gasteiger partial charge in [0.2, 0.25) is 11.9 Å². The van der Waals surface area contributed by atoms with Gasteiger partial charge in [-0.05, 0) is 69.5 Å². The summed E-state index contributed by atoms with van der Waals surface area (Å²) in [6.07, 6.45) is 2.39. The molecule has 2 aromatic carbocycles. The average molecular weight is 531 g/mol. The Bertz CT molecular complexity index is 1270. The molecule has 0 saturated carbocycles. The molecule has 9 nitrogen and oxygen atoms in total. The maximum Gasteiger partial charge on any atom is 0.410 e. The molecule has 1 saturated heterocycles. The first-order valence-electron chi connectivity index (χ1n) is 13.3. The van der Waals surface area contributed by atoms with Gasteiger partial charge in [0.25, 0.3) is 0 Å². The van der Waals surface area contributed by atoms with Crippen molar-refractivity contribution >= 4 is 29.3 Å². The Morgan fingerprint density at radius 2 is 1.69 bits per heavy atom. The molecule has 1 unspecified atom stereocenters. The Labute approximate surface area is 230 Å². The van der Waals surface area contributed by atoms with E-state index < -0.39 is 5.60 Å². The number of carbonyl (C=O) groups is 2. The average Bonchev–Trinajstić information content (AvgIpc) is 2.89. The highest BCUT2D eigenvalue weighted by atomic mass is 16.6. The predicted octanol–water partition coefficient (Wildman–Crippen LogP) is 4.79. The summed E-state index contributed by atoms with van der Waals surface area (Å²) >= 11 is 0. The highest BCUT2D eigenvalue weighted by molar-refractivity contribution is 5.75. The molecule has 2 heterocycles. The van der Waals surface area contributed by atoms with E-state index in [2.05, 4.69) is 15.2 Å². The molecule has 0 spiro atoms. The van der Waals surface area contributed by atoms with E-state index in [1.165, 1.54) is 0 Å². The summed E-state index contributed by atoms with van der Waals surface area (Å²) in [7, 11) is 0. The number of nitrogens with two attached hydrogens (primary N) is 1. The number of carbonyl (C=O) groups excluding carboxylic acids is 2. The number of ether oxygens (including phenoxy) is 1. The standard InChI is InChI=1S/C30H38N6O3/c1-21-20-32-28(34-27(21)23(19-26(31)37)18-22-8-6-5-7-9-22)33-24-10-12-25(13-11-24)35-14-16-36(17-15-35)29(38)39-30(2,3)4/h5-13,20,23H,14-19H2,1-4H3,(H2,31,37)(H,32,33,34). The maximum atomic E-state index is 12.3. The molecule has 206 valence electrons. The normalized spacial score (nSPS) is 14.6. The zero-order valence-electron chi connectivity index (χ0n) is 23.2. The first kappa shape index (κ1) is 27.9. The van der Waals surface area contributed by atoms with Gasteiger partial charge in [0.05, 0.1) is 5.69 Å². The number of nitrogens with one attached hydrogen (secondary N) is 1. The van der Waals surface area contributed by atoms with Crippen LogP contribution in [0.25, 0.3) is 0 Å². The molecule has 1 aliphatic heterocycles. The van der Waals surface area contributed by atoms with Gasteiger partial charge >= 0.3 is 6.09 Å². The Morgan fingerprint density at radius 3 is 2.31 bits per heavy atom. The highest BCUT2D eigenvalue weighted by Gasteiger charge is 2.26. The predicted molar refractivity (Wildman–Crippen MR) is 153 cm³/mol. The first-order valence-corrected chi connectivity index (χ1v) is 13.3. The van der Waals surface area contributed by atoms with Crippen LogP contribution in [0.15, 0.2) is 60.8 Å². The second kappa shape index (κ2) is 12.1. The second-order valence-corrected chi connectivity index (χ2v) is 10.9. The van der Waals surface area contributed by atoms with Crippen molar-refractivity contribution in [2.75, 3.05) is 36.4 Å². The van der Waals surface area contributed by atoms with Crippen molar-refractivity contribution in [3.63, 3.8) is 0 Å². The van der Waals surface area contributed by atoms with Gasteiger partial charge in [-0.25, -0.2) is 14.8 Å². The van der Waals surface area contributed by atoms with Gasteiger partial charge in [-0.15, -0.1) is 0 Å². The summed E-state index contributed by atoms with van der Waals surface area (Å²) in [6, 6.07) is 18.1. The van der Waals surface area contributed by atoms with E-state index in [-0.39, 0.29) is 24.3 Å². The molecule has 3 aromatic rings. The van der Waals surface area contributed by atoms with Crippen molar-refractivity contribution in [2.45, 2.75) is 52.1 Å². The molecule has 1 atom stereocenters. The van der Waals surface area contributed by atoms with Crippen molar-refractivity contribution in [1.29, 1.82) is 0 Å². The van der Waals surface area contributed by atoms with E-state index >= 15 is 0 Å². The van der Waals surface area contributed by atoms with Gasteiger partial charge in [-0.2, -0.15) is 0 Å². The number of hydrogen-bond donors (Lipinski definition) is 2. The first-order chi connectivity index (χ1) is 18.6. The molecular formula is C30H38N6O3. The molecule has 3 N–H and O–H groups in total. The second-order valence-electron chi connectivity index (χ2n) is 10.9. The van der Waals surface area contributed by atoms with Crippen molar-refractivity contribution in [3.05, 3.63) is 77.6 Å². The Morgan fingerprint density at radius 1 is 1.03 bits per heavy atom. The van der Waals surface area contributed by atoms with Crippen LogP contribution in [0.1, 0.15) is 49.9 Å². The van der Waals surface area contributed by atoms with Crippen LogP contribution in [-0.2, 0) is 16.0 Å². The van der Waals surface area contributed by atoms with E-state index in [4.69, 9.17) is 15.5 Å². The summed E-state index contributed by atoms with van der Waals surface area (Å²) in [4.78, 5) is 37.5. The Balaban J connectivity index is 1.41. The van der Waals surface area contributed by atoms with Crippen LogP contribution in [0.3, 0.4) is 0 Å². The smallest absolute Gasteiger partial charge is 0.410 e. The minimum Gasteiger partial charge on any atom is -0.444 e. The summed E-state index contributed by atoms with van der Waals surface area (Å²) in [6.45, 7) is 10.3. The third-order valence-electron chi connectivity index (χ3n) is 6.59. The topological polar surface area (TPSA) is 114 Å². The monoisotopic (exact) mass is 530 g/mol. The quantitative estimate of drug-likeness (QED) is 0.431. The fourth-order valence-corrected chi connectivity index (χ4v) is 4.69. The fourth-order valence-electron chi connectivity index (χ4n) is 4.69. The van der Waals surface area contributed by atoms with Gasteiger partial charge in [0, 0.05) is 56.1 Å². The zero-order valence-corrected chi connectivity index (χ0v) is 23.2. The molecule has 1 aliphatic rings. The van der Waals surface area contributed by atoms with E-state index in [0.29, 0.717) is 25.5 Å². The van der Waals surface area contributed by atoms with Crippen LogP contribution >= 0.6 is 0 Å². The highest BCUT2D eigenvalue weighted by Crippen LogP contribution is 2.27. The van der Waals surface area contributed by atoms with Crippen LogP contribution in [0.4, 0.5) is 22.1 Å². The van der Waals surface area contributed by atoms with Crippen LogP contribution in [-0.4, -0.2) is 58.6 Å². The van der Waals surface area contributed by atoms with Crippen LogP contribution in [0.2, 0.25) is 0 Å². The number of hydrogen-bond acceptors (Lipinski definition) is 7. The lowest BCUT2D eigenvalue weighted by Gasteiger charge is -2.36. The number of benzene rings is 2. The molecule has 2 amide bonds. The van der Waals surface area contributed by atoms with Crippen molar-refractivity contribution in [3.8, 4) is 0 Å². The zero-order chi connectivity index (χ0) is 28.0. The number of primary amides is 1. The van der Waals surface area contributed by atoms with Crippen molar-refractivity contribution < 1.29 is 14.3 Å². The van der Waals surface area contributed by atoms with Gasteiger partial charge in [-0.1, -0.05) is 30.3 Å². The molecule has 4 rings (SSSR count). The number of aryl methyl sites for hydroxylation is 1. The number of anilines is 3. The van der Waals surface area contributed by atoms with Crippen molar-refractivity contribution in [1.82, 2.24) is 14.9 Å². The molecule has 0 aliphatic carbocycles. The molecule has 1 aromatic heterocycles. The number of nitrogens with zero attached hydrogens (tertiary/aromatic N) is 4. The molecule has 39 heavy (non-hydrogen) atoms. The number of piperazine rings is 1. The van der Waals surface area contributed by atoms with E-state index in [1.807, 2.05) is 82.3 Å². The third-order valence-corrected chi connectivity index (χ3v) is 6.59. The summed E-state index contributed by atoms with van der Waals surface area (Å²) < 4.78 is 5.49. The SMILES string of the molecule is Cc1cnc(Nc2ccc(N3CCN(C(=O)OC(C)(C)C)CC3)cc2)nc1C(CC(N)=O)Cc1ccccc1. The number of amides is 2. The maximum absolute atomic E-state index is 12.3. The van der Waals surface area contributed by atoms with Crippen LogP contribution in [0, 0.1) is 6.92 Å². The third kappa shape index (κ3) is 7.92. The largest absolute Gasteiger partial charge is 0.444 e. The number of aromatic nitrogens is 2. The molecular weight excluding hydrogens is 492 g/mol. The van der Waals surface area contributed by atoms with Gasteiger partial charge in [0.15, 0.2) is 0 Å². The minimum absolute atomic E-state index is 0.143. The lowest BCUT2D eigenvalue weighted by atomic mass is 9.90. The van der Waals surface area contributed by atoms with E-state index in [9.17, 15) is 9.59 Å². The minimum atomic E-state index is -0.496. The summed E-state index contributed by atoms with van der Waals surface area (Å²) in [5.41, 5.74) is 9.89. The van der Waals surface area contributed by atoms with Crippen molar-refractivity contribution in [2.24, 2.45) is 5.73 Å². The summed E-state index contributed by atoms with van der Waals surface area (Å²) in [5, 5.41) is 3.29. The van der Waals surface area contributed by atoms with E-state index in [1.54, 1.807) is 11.1 Å². The molecule has 0 bridgehead atoms. The lowest BCUT2D eigenvalue weighted by molar-refractivity contribution is -0.118. The van der Waals surface area contributed by atoms with Gasteiger partial charge in [-0.3, -0.25) is 4.79 Å². The number of rotatable bonds is 8. The van der Waals surface area contributed by atoms with E-state index in [0.717, 1.165) is 41.3 Å². The van der Waals surface area contributed by atoms with Crippen LogP contribution < -0.4 is 16.0 Å². The van der Waals surface area contributed by atoms with Crippen LogP contribution in [0.5, 0.6) is 0 Å². The van der Waals surface area contributed by atoms with Gasteiger partial charge in [0.1, 0.15) is 5.60 Å². The Kier molecular flexibility index (Phi) is 8.69. The molecule has 9 heteroatoms. The molecule has 1 fully saturated rings. The molecule has 0 radical (unpaired) electrons. The van der Waals surface area contributed by atoms with Gasteiger partial charge < -0.3 is 25.6 Å².